The third kappa shape index (κ3) is 2.93. The van der Waals surface area contributed by atoms with Gasteiger partial charge in [-0.15, -0.1) is 0 Å². The number of aliphatic hydroxyl groups is 1. The van der Waals surface area contributed by atoms with Crippen molar-refractivity contribution in [3.63, 3.8) is 0 Å². The van der Waals surface area contributed by atoms with Crippen LogP contribution in [0.15, 0.2) is 36.4 Å². The zero-order chi connectivity index (χ0) is 13.7. The molecule has 1 unspecified atom stereocenters. The first-order chi connectivity index (χ1) is 9.36. The molecule has 1 heterocycles. The SMILES string of the molecule is CO.O=Cc1cc2c([nH]1)C(Cc1ccccc1)CC2. The normalized spacial score (nSPS) is 16.4. The fraction of sp³-hybridized carbons (Fsp3) is 0.312. The molecule has 0 aliphatic heterocycles. The number of rotatable bonds is 3. The van der Waals surface area contributed by atoms with Gasteiger partial charge in [0.05, 0.1) is 5.69 Å². The molecule has 1 aliphatic rings. The second kappa shape index (κ2) is 6.34. The summed E-state index contributed by atoms with van der Waals surface area (Å²) in [6, 6.07) is 12.5. The average molecular weight is 257 g/mol. The van der Waals surface area contributed by atoms with Crippen molar-refractivity contribution in [2.24, 2.45) is 0 Å². The Hall–Kier alpha value is -1.87. The fourth-order valence-corrected chi connectivity index (χ4v) is 2.75. The number of hydrogen-bond acceptors (Lipinski definition) is 2. The van der Waals surface area contributed by atoms with Crippen LogP contribution < -0.4 is 0 Å². The van der Waals surface area contributed by atoms with E-state index < -0.39 is 0 Å². The van der Waals surface area contributed by atoms with Crippen molar-refractivity contribution in [3.8, 4) is 0 Å². The Morgan fingerprint density at radius 2 is 2.05 bits per heavy atom. The van der Waals surface area contributed by atoms with Gasteiger partial charge in [0.25, 0.3) is 0 Å². The molecule has 100 valence electrons. The van der Waals surface area contributed by atoms with Gasteiger partial charge < -0.3 is 10.1 Å². The molecule has 2 N–H and O–H groups in total. The number of aliphatic hydroxyl groups excluding tert-OH is 1. The van der Waals surface area contributed by atoms with Crippen molar-refractivity contribution in [1.82, 2.24) is 4.98 Å². The molecule has 0 saturated carbocycles. The molecule has 0 bridgehead atoms. The lowest BCUT2D eigenvalue weighted by Crippen LogP contribution is -2.00. The van der Waals surface area contributed by atoms with E-state index in [1.54, 1.807) is 0 Å². The molecule has 3 heteroatoms. The van der Waals surface area contributed by atoms with Crippen LogP contribution in [0.2, 0.25) is 0 Å². The summed E-state index contributed by atoms with van der Waals surface area (Å²) in [6.45, 7) is 0. The van der Waals surface area contributed by atoms with E-state index in [4.69, 9.17) is 5.11 Å². The first-order valence-corrected chi connectivity index (χ1v) is 6.52. The number of carbonyl (C=O) groups excluding carboxylic acids is 1. The Bertz CT molecular complexity index is 531. The van der Waals surface area contributed by atoms with Gasteiger partial charge in [0, 0.05) is 18.7 Å². The molecule has 0 amide bonds. The van der Waals surface area contributed by atoms with Gasteiger partial charge in [-0.05, 0) is 36.5 Å². The summed E-state index contributed by atoms with van der Waals surface area (Å²) in [7, 11) is 1.00. The number of aryl methyl sites for hydroxylation is 1. The van der Waals surface area contributed by atoms with Crippen molar-refractivity contribution in [3.05, 3.63) is 58.9 Å². The summed E-state index contributed by atoms with van der Waals surface area (Å²) >= 11 is 0. The Balaban J connectivity index is 0.000000637. The molecule has 3 nitrogen and oxygen atoms in total. The summed E-state index contributed by atoms with van der Waals surface area (Å²) < 4.78 is 0. The van der Waals surface area contributed by atoms with E-state index in [2.05, 4.69) is 29.2 Å². The van der Waals surface area contributed by atoms with Gasteiger partial charge in [-0.2, -0.15) is 0 Å². The zero-order valence-electron chi connectivity index (χ0n) is 11.1. The molecule has 0 spiro atoms. The first kappa shape index (κ1) is 13.6. The molecule has 3 rings (SSSR count). The molecule has 1 atom stereocenters. The van der Waals surface area contributed by atoms with Crippen LogP contribution >= 0.6 is 0 Å². The lowest BCUT2D eigenvalue weighted by molar-refractivity contribution is 0.111. The van der Waals surface area contributed by atoms with E-state index in [9.17, 15) is 4.79 Å². The maximum absolute atomic E-state index is 10.7. The molecule has 1 aliphatic carbocycles. The van der Waals surface area contributed by atoms with Crippen molar-refractivity contribution in [2.45, 2.75) is 25.2 Å². The van der Waals surface area contributed by atoms with Gasteiger partial charge in [-0.1, -0.05) is 30.3 Å². The van der Waals surface area contributed by atoms with Crippen LogP contribution in [0.3, 0.4) is 0 Å². The van der Waals surface area contributed by atoms with Crippen LogP contribution in [0.25, 0.3) is 0 Å². The van der Waals surface area contributed by atoms with Crippen LogP contribution in [0.1, 0.15) is 39.6 Å². The standard InChI is InChI=1S/C15H15NO.CH4O/c17-10-14-9-13-7-6-12(15(13)16-14)8-11-4-2-1-3-5-11;1-2/h1-5,9-10,12,16H,6-8H2;2H,1H3. The number of H-pyrrole nitrogens is 1. The first-order valence-electron chi connectivity index (χ1n) is 6.52. The van der Waals surface area contributed by atoms with Gasteiger partial charge >= 0.3 is 0 Å². The largest absolute Gasteiger partial charge is 0.400 e. The monoisotopic (exact) mass is 257 g/mol. The molecule has 0 saturated heterocycles. The summed E-state index contributed by atoms with van der Waals surface area (Å²) in [5.41, 5.74) is 4.68. The quantitative estimate of drug-likeness (QED) is 0.831. The highest BCUT2D eigenvalue weighted by Gasteiger charge is 2.24. The maximum atomic E-state index is 10.7. The van der Waals surface area contributed by atoms with E-state index in [-0.39, 0.29) is 0 Å². The van der Waals surface area contributed by atoms with Crippen LogP contribution in [-0.2, 0) is 12.8 Å². The minimum atomic E-state index is 0.543. The summed E-state index contributed by atoms with van der Waals surface area (Å²) in [5, 5.41) is 7.00. The highest BCUT2D eigenvalue weighted by atomic mass is 16.2. The van der Waals surface area contributed by atoms with Crippen molar-refractivity contribution in [1.29, 1.82) is 0 Å². The van der Waals surface area contributed by atoms with Gasteiger partial charge in [-0.25, -0.2) is 0 Å². The summed E-state index contributed by atoms with van der Waals surface area (Å²) in [6.07, 6.45) is 4.25. The molecule has 1 aromatic heterocycles. The van der Waals surface area contributed by atoms with Crippen LogP contribution in [-0.4, -0.2) is 23.5 Å². The number of fused-ring (bicyclic) bond motifs is 1. The number of nitrogens with one attached hydrogen (secondary N) is 1. The van der Waals surface area contributed by atoms with E-state index in [1.165, 1.54) is 23.2 Å². The Morgan fingerprint density at radius 3 is 2.74 bits per heavy atom. The van der Waals surface area contributed by atoms with Gasteiger partial charge in [0.2, 0.25) is 0 Å². The van der Waals surface area contributed by atoms with E-state index in [0.717, 1.165) is 26.2 Å². The van der Waals surface area contributed by atoms with Crippen molar-refractivity contribution in [2.75, 3.05) is 7.11 Å². The predicted octanol–water partition coefficient (Wildman–Crippen LogP) is 2.71. The lowest BCUT2D eigenvalue weighted by Gasteiger charge is -2.09. The van der Waals surface area contributed by atoms with Crippen LogP contribution in [0, 0.1) is 0 Å². The van der Waals surface area contributed by atoms with Crippen molar-refractivity contribution >= 4 is 6.29 Å². The fourth-order valence-electron chi connectivity index (χ4n) is 2.75. The summed E-state index contributed by atoms with van der Waals surface area (Å²) in [5.74, 6) is 0.543. The van der Waals surface area contributed by atoms with E-state index in [0.29, 0.717) is 11.6 Å². The highest BCUT2D eigenvalue weighted by Crippen LogP contribution is 2.35. The highest BCUT2D eigenvalue weighted by molar-refractivity contribution is 5.73. The number of hydrogen-bond donors (Lipinski definition) is 2. The molecular formula is C16H19NO2. The number of carbonyl (C=O) groups is 1. The number of aldehydes is 1. The topological polar surface area (TPSA) is 53.1 Å². The number of benzene rings is 1. The molecule has 0 radical (unpaired) electrons. The number of aromatic amines is 1. The molecule has 2 aromatic rings. The second-order valence-corrected chi connectivity index (χ2v) is 4.71. The minimum absolute atomic E-state index is 0.543. The lowest BCUT2D eigenvalue weighted by atomic mass is 9.97. The third-order valence-corrected chi connectivity index (χ3v) is 3.58. The molecule has 1 aromatic carbocycles. The Morgan fingerprint density at radius 1 is 1.32 bits per heavy atom. The Kier molecular flexibility index (Phi) is 4.53. The summed E-state index contributed by atoms with van der Waals surface area (Å²) in [4.78, 5) is 14.0. The van der Waals surface area contributed by atoms with Gasteiger partial charge in [0.15, 0.2) is 6.29 Å². The Labute approximate surface area is 113 Å². The van der Waals surface area contributed by atoms with E-state index in [1.807, 2.05) is 12.1 Å². The third-order valence-electron chi connectivity index (χ3n) is 3.58. The van der Waals surface area contributed by atoms with Gasteiger partial charge in [-0.3, -0.25) is 4.79 Å². The smallest absolute Gasteiger partial charge is 0.166 e. The molecule has 19 heavy (non-hydrogen) atoms. The van der Waals surface area contributed by atoms with Crippen LogP contribution in [0.5, 0.6) is 0 Å². The minimum Gasteiger partial charge on any atom is -0.400 e. The molecule has 0 fully saturated rings. The van der Waals surface area contributed by atoms with Crippen molar-refractivity contribution < 1.29 is 9.90 Å². The zero-order valence-corrected chi connectivity index (χ0v) is 11.1. The van der Waals surface area contributed by atoms with E-state index >= 15 is 0 Å². The number of aromatic nitrogens is 1. The van der Waals surface area contributed by atoms with Crippen LogP contribution in [0.4, 0.5) is 0 Å². The average Bonchev–Trinajstić information content (AvgIpc) is 3.04. The second-order valence-electron chi connectivity index (χ2n) is 4.71. The molecular weight excluding hydrogens is 238 g/mol. The predicted molar refractivity (Wildman–Crippen MR) is 75.5 cm³/mol. The maximum Gasteiger partial charge on any atom is 0.166 e. The van der Waals surface area contributed by atoms with Gasteiger partial charge in [0.1, 0.15) is 0 Å².